The fourth-order valence-electron chi connectivity index (χ4n) is 2.10. The number of carbonyl (C=O) groups excluding carboxylic acids is 2. The van der Waals surface area contributed by atoms with Crippen LogP contribution in [0.25, 0.3) is 0 Å². The maximum absolute atomic E-state index is 12.0. The van der Waals surface area contributed by atoms with Gasteiger partial charge in [0.1, 0.15) is 5.75 Å². The Bertz CT molecular complexity index is 801. The van der Waals surface area contributed by atoms with Crippen molar-refractivity contribution >= 4 is 23.3 Å². The van der Waals surface area contributed by atoms with Crippen LogP contribution in [0.3, 0.4) is 0 Å². The minimum absolute atomic E-state index is 0.0629. The predicted octanol–water partition coefficient (Wildman–Crippen LogP) is 2.71. The summed E-state index contributed by atoms with van der Waals surface area (Å²) >= 11 is 0. The molecule has 0 fully saturated rings. The highest BCUT2D eigenvalue weighted by Gasteiger charge is 2.13. The summed E-state index contributed by atoms with van der Waals surface area (Å²) < 4.78 is 9.97. The Hall–Kier alpha value is -3.42. The summed E-state index contributed by atoms with van der Waals surface area (Å²) in [4.78, 5) is 33.7. The number of hydrogen-bond acceptors (Lipinski definition) is 6. The van der Waals surface area contributed by atoms with Crippen LogP contribution in [-0.4, -0.2) is 30.5 Å². The summed E-state index contributed by atoms with van der Waals surface area (Å²) in [6, 6.07) is 10.3. The number of rotatable bonds is 6. The molecule has 0 saturated heterocycles. The molecule has 8 heteroatoms. The van der Waals surface area contributed by atoms with Crippen molar-refractivity contribution in [3.63, 3.8) is 0 Å². The Morgan fingerprint density at radius 1 is 1.16 bits per heavy atom. The maximum Gasteiger partial charge on any atom is 0.338 e. The zero-order chi connectivity index (χ0) is 18.4. The van der Waals surface area contributed by atoms with E-state index in [4.69, 9.17) is 4.74 Å². The van der Waals surface area contributed by atoms with E-state index < -0.39 is 16.8 Å². The molecule has 8 nitrogen and oxygen atoms in total. The molecule has 0 aliphatic carbocycles. The van der Waals surface area contributed by atoms with Crippen LogP contribution in [0, 0.1) is 17.0 Å². The third-order valence-electron chi connectivity index (χ3n) is 3.43. The number of anilines is 1. The van der Waals surface area contributed by atoms with Gasteiger partial charge in [-0.2, -0.15) is 0 Å². The van der Waals surface area contributed by atoms with Gasteiger partial charge in [0.15, 0.2) is 6.61 Å². The molecular formula is C17H16N2O6. The second-order valence-corrected chi connectivity index (χ2v) is 5.06. The van der Waals surface area contributed by atoms with Gasteiger partial charge in [-0.15, -0.1) is 0 Å². The van der Waals surface area contributed by atoms with E-state index in [-0.39, 0.29) is 12.3 Å². The highest BCUT2D eigenvalue weighted by atomic mass is 16.6. The number of nitrogens with zero attached hydrogens (tertiary/aromatic N) is 1. The molecule has 2 aromatic carbocycles. The van der Waals surface area contributed by atoms with Crippen LogP contribution in [0.4, 0.5) is 11.4 Å². The molecule has 0 saturated carbocycles. The molecule has 0 unspecified atom stereocenters. The van der Waals surface area contributed by atoms with Gasteiger partial charge in [0, 0.05) is 17.8 Å². The lowest BCUT2D eigenvalue weighted by molar-refractivity contribution is -0.384. The summed E-state index contributed by atoms with van der Waals surface area (Å²) in [6.07, 6.45) is 0. The average Bonchev–Trinajstić information content (AvgIpc) is 2.61. The number of hydrogen-bond donors (Lipinski definition) is 1. The van der Waals surface area contributed by atoms with E-state index in [9.17, 15) is 19.7 Å². The quantitative estimate of drug-likeness (QED) is 0.490. The summed E-state index contributed by atoms with van der Waals surface area (Å²) in [5.41, 5.74) is 1.35. The van der Waals surface area contributed by atoms with E-state index in [1.54, 1.807) is 25.1 Å². The summed E-state index contributed by atoms with van der Waals surface area (Å²) in [6.45, 7) is 1.42. The largest absolute Gasteiger partial charge is 0.484 e. The smallest absolute Gasteiger partial charge is 0.338 e. The maximum atomic E-state index is 12.0. The molecular weight excluding hydrogens is 328 g/mol. The van der Waals surface area contributed by atoms with Gasteiger partial charge in [0.05, 0.1) is 17.6 Å². The number of benzene rings is 2. The van der Waals surface area contributed by atoms with Crippen molar-refractivity contribution in [3.05, 3.63) is 63.7 Å². The number of non-ortho nitro benzene ring substituents is 1. The number of amides is 1. The average molecular weight is 344 g/mol. The number of nitro groups is 1. The molecule has 1 amide bonds. The summed E-state index contributed by atoms with van der Waals surface area (Å²) in [5, 5.41) is 13.2. The van der Waals surface area contributed by atoms with Gasteiger partial charge in [-0.1, -0.05) is 6.07 Å². The predicted molar refractivity (Wildman–Crippen MR) is 89.7 cm³/mol. The van der Waals surface area contributed by atoms with Crippen LogP contribution < -0.4 is 10.1 Å². The van der Waals surface area contributed by atoms with Crippen molar-refractivity contribution in [3.8, 4) is 5.75 Å². The second-order valence-electron chi connectivity index (χ2n) is 5.06. The molecule has 25 heavy (non-hydrogen) atoms. The molecule has 0 heterocycles. The Balaban J connectivity index is 1.98. The monoisotopic (exact) mass is 344 g/mol. The topological polar surface area (TPSA) is 108 Å². The SMILES string of the molecule is COC(=O)c1cccc(NC(=O)COc2ccc([N+](=O)[O-])cc2)c1C. The van der Waals surface area contributed by atoms with E-state index in [0.29, 0.717) is 22.6 Å². The first kappa shape index (κ1) is 17.9. The Morgan fingerprint density at radius 2 is 1.84 bits per heavy atom. The van der Waals surface area contributed by atoms with Gasteiger partial charge < -0.3 is 14.8 Å². The molecule has 0 atom stereocenters. The minimum Gasteiger partial charge on any atom is -0.484 e. The number of ether oxygens (including phenoxy) is 2. The number of esters is 1. The van der Waals surface area contributed by atoms with E-state index in [0.717, 1.165) is 0 Å². The third-order valence-corrected chi connectivity index (χ3v) is 3.43. The number of nitrogens with one attached hydrogen (secondary N) is 1. The van der Waals surface area contributed by atoms with Crippen LogP contribution in [0.1, 0.15) is 15.9 Å². The highest BCUT2D eigenvalue weighted by Crippen LogP contribution is 2.20. The molecule has 2 rings (SSSR count). The third kappa shape index (κ3) is 4.54. The van der Waals surface area contributed by atoms with Crippen LogP contribution >= 0.6 is 0 Å². The minimum atomic E-state index is -0.520. The summed E-state index contributed by atoms with van der Waals surface area (Å²) in [5.74, 6) is -0.583. The fraction of sp³-hybridized carbons (Fsp3) is 0.176. The van der Waals surface area contributed by atoms with Crippen molar-refractivity contribution in [2.75, 3.05) is 19.0 Å². The molecule has 0 spiro atoms. The van der Waals surface area contributed by atoms with Crippen LogP contribution in [0.5, 0.6) is 5.75 Å². The highest BCUT2D eigenvalue weighted by molar-refractivity contribution is 5.97. The molecule has 0 aromatic heterocycles. The van der Waals surface area contributed by atoms with Gasteiger partial charge in [0.2, 0.25) is 0 Å². The number of nitro benzene ring substituents is 1. The Kier molecular flexibility index (Phi) is 5.67. The van der Waals surface area contributed by atoms with Gasteiger partial charge >= 0.3 is 5.97 Å². The molecule has 2 aromatic rings. The van der Waals surface area contributed by atoms with E-state index in [2.05, 4.69) is 10.1 Å². The number of carbonyl (C=O) groups is 2. The zero-order valence-electron chi connectivity index (χ0n) is 13.6. The van der Waals surface area contributed by atoms with E-state index >= 15 is 0 Å². The van der Waals surface area contributed by atoms with Crippen molar-refractivity contribution in [2.24, 2.45) is 0 Å². The van der Waals surface area contributed by atoms with Crippen molar-refractivity contribution in [1.29, 1.82) is 0 Å². The molecule has 0 aliphatic rings. The van der Waals surface area contributed by atoms with Crippen molar-refractivity contribution < 1.29 is 24.0 Å². The molecule has 0 radical (unpaired) electrons. The van der Waals surface area contributed by atoms with Crippen molar-refractivity contribution in [2.45, 2.75) is 6.92 Å². The number of methoxy groups -OCH3 is 1. The van der Waals surface area contributed by atoms with Gasteiger partial charge in [-0.05, 0) is 36.8 Å². The lowest BCUT2D eigenvalue weighted by atomic mass is 10.1. The van der Waals surface area contributed by atoms with E-state index in [1.165, 1.54) is 31.4 Å². The van der Waals surface area contributed by atoms with Gasteiger partial charge in [-0.25, -0.2) is 4.79 Å². The normalized spacial score (nSPS) is 10.0. The molecule has 0 aliphatic heterocycles. The van der Waals surface area contributed by atoms with Gasteiger partial charge in [0.25, 0.3) is 11.6 Å². The van der Waals surface area contributed by atoms with E-state index in [1.807, 2.05) is 0 Å². The molecule has 130 valence electrons. The second kappa shape index (κ2) is 7.91. The lowest BCUT2D eigenvalue weighted by Crippen LogP contribution is -2.21. The van der Waals surface area contributed by atoms with Crippen LogP contribution in [-0.2, 0) is 9.53 Å². The molecule has 1 N–H and O–H groups in total. The zero-order valence-corrected chi connectivity index (χ0v) is 13.6. The first-order valence-electron chi connectivity index (χ1n) is 7.27. The summed E-state index contributed by atoms with van der Waals surface area (Å²) in [7, 11) is 1.28. The van der Waals surface area contributed by atoms with Crippen LogP contribution in [0.2, 0.25) is 0 Å². The van der Waals surface area contributed by atoms with Gasteiger partial charge in [-0.3, -0.25) is 14.9 Å². The first-order valence-corrected chi connectivity index (χ1v) is 7.27. The standard InChI is InChI=1S/C17H16N2O6/c1-11-14(17(21)24-2)4-3-5-15(11)18-16(20)10-25-13-8-6-12(7-9-13)19(22)23/h3-9H,10H2,1-2H3,(H,18,20). The fourth-order valence-corrected chi connectivity index (χ4v) is 2.10. The van der Waals surface area contributed by atoms with Crippen molar-refractivity contribution in [1.82, 2.24) is 0 Å². The van der Waals surface area contributed by atoms with Crippen LogP contribution in [0.15, 0.2) is 42.5 Å². The first-order chi connectivity index (χ1) is 11.9. The molecule has 0 bridgehead atoms. The Morgan fingerprint density at radius 3 is 2.44 bits per heavy atom. The Labute approximate surface area is 143 Å². The lowest BCUT2D eigenvalue weighted by Gasteiger charge is -2.12.